The van der Waals surface area contributed by atoms with Crippen LogP contribution >= 0.6 is 0 Å². The molecule has 5 heteroatoms. The maximum Gasteiger partial charge on any atom is 0.300 e. The molecule has 1 fully saturated rings. The van der Waals surface area contributed by atoms with Gasteiger partial charge in [-0.3, -0.25) is 14.5 Å². The number of aryl methyl sites for hydroxylation is 2. The van der Waals surface area contributed by atoms with Crippen LogP contribution in [0.2, 0.25) is 0 Å². The van der Waals surface area contributed by atoms with Crippen molar-refractivity contribution in [1.82, 2.24) is 0 Å². The Morgan fingerprint density at radius 3 is 2.22 bits per heavy atom. The molecule has 4 aromatic carbocycles. The van der Waals surface area contributed by atoms with Crippen LogP contribution in [0.15, 0.2) is 109 Å². The highest BCUT2D eigenvalue weighted by molar-refractivity contribution is 6.51. The molecule has 1 aliphatic rings. The minimum atomic E-state index is -0.753. The van der Waals surface area contributed by atoms with Gasteiger partial charge in [-0.2, -0.15) is 0 Å². The quantitative estimate of drug-likeness (QED) is 0.191. The third-order valence-corrected chi connectivity index (χ3v) is 6.52. The van der Waals surface area contributed by atoms with Crippen molar-refractivity contribution in [2.75, 3.05) is 4.90 Å². The molecule has 1 saturated heterocycles. The molecule has 1 amide bonds. The number of nitrogens with zero attached hydrogens (tertiary/aromatic N) is 1. The second-order valence-corrected chi connectivity index (χ2v) is 9.17. The Bertz CT molecular complexity index is 1490. The van der Waals surface area contributed by atoms with E-state index in [0.29, 0.717) is 23.6 Å². The van der Waals surface area contributed by atoms with Gasteiger partial charge >= 0.3 is 0 Å². The number of ketones is 1. The lowest BCUT2D eigenvalue weighted by Crippen LogP contribution is -2.29. The molecule has 0 saturated carbocycles. The lowest BCUT2D eigenvalue weighted by Gasteiger charge is -2.25. The van der Waals surface area contributed by atoms with E-state index in [1.807, 2.05) is 86.6 Å². The van der Waals surface area contributed by atoms with Crippen molar-refractivity contribution in [2.45, 2.75) is 26.5 Å². The van der Waals surface area contributed by atoms with E-state index in [0.717, 1.165) is 22.3 Å². The Morgan fingerprint density at radius 1 is 0.838 bits per heavy atom. The molecule has 5 rings (SSSR count). The van der Waals surface area contributed by atoms with Crippen LogP contribution in [-0.4, -0.2) is 16.8 Å². The fourth-order valence-corrected chi connectivity index (χ4v) is 4.69. The highest BCUT2D eigenvalue weighted by Crippen LogP contribution is 2.42. The molecule has 5 nitrogen and oxygen atoms in total. The number of amides is 1. The molecule has 4 aromatic rings. The molecule has 1 aliphatic heterocycles. The van der Waals surface area contributed by atoms with Gasteiger partial charge in [0.25, 0.3) is 11.7 Å². The second kappa shape index (κ2) is 10.2. The summed E-state index contributed by atoms with van der Waals surface area (Å²) in [6.07, 6.45) is 0. The number of aliphatic hydroxyl groups excluding tert-OH is 1. The van der Waals surface area contributed by atoms with Crippen molar-refractivity contribution in [1.29, 1.82) is 0 Å². The van der Waals surface area contributed by atoms with Crippen LogP contribution < -0.4 is 9.64 Å². The average molecular weight is 490 g/mol. The average Bonchev–Trinajstić information content (AvgIpc) is 3.18. The monoisotopic (exact) mass is 489 g/mol. The normalized spacial score (nSPS) is 16.7. The summed E-state index contributed by atoms with van der Waals surface area (Å²) in [7, 11) is 0. The summed E-state index contributed by atoms with van der Waals surface area (Å²) >= 11 is 0. The van der Waals surface area contributed by atoms with Gasteiger partial charge in [0.05, 0.1) is 11.6 Å². The van der Waals surface area contributed by atoms with Crippen LogP contribution in [-0.2, 0) is 16.2 Å². The Hall–Kier alpha value is -4.64. The number of hydrogen-bond acceptors (Lipinski definition) is 4. The van der Waals surface area contributed by atoms with Crippen molar-refractivity contribution < 1.29 is 19.4 Å². The number of benzene rings is 4. The van der Waals surface area contributed by atoms with Crippen molar-refractivity contribution in [3.63, 3.8) is 0 Å². The van der Waals surface area contributed by atoms with Crippen LogP contribution in [0.3, 0.4) is 0 Å². The number of ether oxygens (including phenoxy) is 1. The molecular formula is C32H27NO4. The van der Waals surface area contributed by atoms with E-state index in [1.54, 1.807) is 30.3 Å². The first-order valence-corrected chi connectivity index (χ1v) is 12.1. The van der Waals surface area contributed by atoms with Gasteiger partial charge in [0, 0.05) is 11.3 Å². The Labute approximate surface area is 216 Å². The van der Waals surface area contributed by atoms with E-state index >= 15 is 0 Å². The van der Waals surface area contributed by atoms with Crippen molar-refractivity contribution >= 4 is 23.1 Å². The minimum absolute atomic E-state index is 0.0665. The molecule has 37 heavy (non-hydrogen) atoms. The van der Waals surface area contributed by atoms with E-state index in [9.17, 15) is 14.7 Å². The molecular weight excluding hydrogens is 462 g/mol. The molecule has 0 aromatic heterocycles. The van der Waals surface area contributed by atoms with Gasteiger partial charge in [-0.05, 0) is 60.9 Å². The third kappa shape index (κ3) is 4.76. The van der Waals surface area contributed by atoms with Crippen molar-refractivity contribution in [3.8, 4) is 5.75 Å². The third-order valence-electron chi connectivity index (χ3n) is 6.52. The topological polar surface area (TPSA) is 66.8 Å². The minimum Gasteiger partial charge on any atom is -0.507 e. The van der Waals surface area contributed by atoms with Gasteiger partial charge in [0.1, 0.15) is 18.1 Å². The van der Waals surface area contributed by atoms with Gasteiger partial charge < -0.3 is 9.84 Å². The molecule has 1 unspecified atom stereocenters. The standard InChI is InChI=1S/C32H27NO4/c1-21-10-9-13-24(18-21)29-28(31(35)32(36)33(29)26-14-7-4-8-15-26)30(34)25-16-17-27(22(2)19-25)37-20-23-11-5-3-6-12-23/h3-19,29,34H,20H2,1-2H3/b30-28-. The smallest absolute Gasteiger partial charge is 0.300 e. The Balaban J connectivity index is 1.55. The maximum absolute atomic E-state index is 13.3. The summed E-state index contributed by atoms with van der Waals surface area (Å²) in [6.45, 7) is 4.26. The molecule has 0 radical (unpaired) electrons. The first-order chi connectivity index (χ1) is 17.9. The highest BCUT2D eigenvalue weighted by Gasteiger charge is 2.46. The van der Waals surface area contributed by atoms with Crippen molar-refractivity contribution in [2.24, 2.45) is 0 Å². The number of aliphatic hydroxyl groups is 1. The first-order valence-electron chi connectivity index (χ1n) is 12.1. The van der Waals surface area contributed by atoms with E-state index in [2.05, 4.69) is 0 Å². The van der Waals surface area contributed by atoms with E-state index in [-0.39, 0.29) is 11.3 Å². The number of carbonyl (C=O) groups excluding carboxylic acids is 2. The molecule has 1 heterocycles. The number of Topliss-reactive ketones (excluding diaryl/α,β-unsaturated/α-hetero) is 1. The van der Waals surface area contributed by atoms with Crippen LogP contribution in [0.5, 0.6) is 5.75 Å². The lowest BCUT2D eigenvalue weighted by atomic mass is 9.94. The van der Waals surface area contributed by atoms with Crippen LogP contribution in [0.25, 0.3) is 5.76 Å². The first kappa shape index (κ1) is 24.1. The number of hydrogen-bond donors (Lipinski definition) is 1. The zero-order chi connectivity index (χ0) is 25.9. The second-order valence-electron chi connectivity index (χ2n) is 9.17. The van der Waals surface area contributed by atoms with Crippen LogP contribution in [0, 0.1) is 13.8 Å². The molecule has 0 aliphatic carbocycles. The maximum atomic E-state index is 13.3. The summed E-state index contributed by atoms with van der Waals surface area (Å²) in [5.74, 6) is -0.907. The fraction of sp³-hybridized carbons (Fsp3) is 0.125. The zero-order valence-corrected chi connectivity index (χ0v) is 20.7. The van der Waals surface area contributed by atoms with E-state index < -0.39 is 17.7 Å². The Kier molecular flexibility index (Phi) is 6.60. The summed E-state index contributed by atoms with van der Waals surface area (Å²) in [5.41, 5.74) is 4.72. The molecule has 184 valence electrons. The number of carbonyl (C=O) groups is 2. The number of rotatable bonds is 6. The van der Waals surface area contributed by atoms with Crippen molar-refractivity contribution in [3.05, 3.63) is 137 Å². The van der Waals surface area contributed by atoms with Crippen LogP contribution in [0.4, 0.5) is 5.69 Å². The molecule has 0 bridgehead atoms. The van der Waals surface area contributed by atoms with E-state index in [1.165, 1.54) is 4.90 Å². The van der Waals surface area contributed by atoms with Gasteiger partial charge in [-0.1, -0.05) is 78.4 Å². The Morgan fingerprint density at radius 2 is 1.54 bits per heavy atom. The SMILES string of the molecule is Cc1cccc(C2/C(=C(/O)c3ccc(OCc4ccccc4)c(C)c3)C(=O)C(=O)N2c2ccccc2)c1. The number of anilines is 1. The zero-order valence-electron chi connectivity index (χ0n) is 20.7. The van der Waals surface area contributed by atoms with Gasteiger partial charge in [0.2, 0.25) is 0 Å². The largest absolute Gasteiger partial charge is 0.507 e. The number of para-hydroxylation sites is 1. The summed E-state index contributed by atoms with van der Waals surface area (Å²) < 4.78 is 5.97. The summed E-state index contributed by atoms with van der Waals surface area (Å²) in [5, 5.41) is 11.4. The molecule has 1 atom stereocenters. The summed E-state index contributed by atoms with van der Waals surface area (Å²) in [6, 6.07) is 31.1. The predicted octanol–water partition coefficient (Wildman–Crippen LogP) is 6.51. The fourth-order valence-electron chi connectivity index (χ4n) is 4.69. The predicted molar refractivity (Wildman–Crippen MR) is 144 cm³/mol. The highest BCUT2D eigenvalue weighted by atomic mass is 16.5. The van der Waals surface area contributed by atoms with Crippen LogP contribution in [0.1, 0.15) is 33.9 Å². The summed E-state index contributed by atoms with van der Waals surface area (Å²) in [4.78, 5) is 28.1. The van der Waals surface area contributed by atoms with E-state index in [4.69, 9.17) is 4.74 Å². The molecule has 0 spiro atoms. The lowest BCUT2D eigenvalue weighted by molar-refractivity contribution is -0.132. The van der Waals surface area contributed by atoms with Gasteiger partial charge in [-0.25, -0.2) is 0 Å². The van der Waals surface area contributed by atoms with Gasteiger partial charge in [-0.15, -0.1) is 0 Å². The van der Waals surface area contributed by atoms with Gasteiger partial charge in [0.15, 0.2) is 0 Å². The molecule has 1 N–H and O–H groups in total.